The molecule has 2 rings (SSSR count). The highest BCUT2D eigenvalue weighted by Crippen LogP contribution is 2.27. The Hall–Kier alpha value is -1.02. The van der Waals surface area contributed by atoms with E-state index in [9.17, 15) is 0 Å². The predicted molar refractivity (Wildman–Crippen MR) is 66.6 cm³/mol. The predicted octanol–water partition coefficient (Wildman–Crippen LogP) is 2.76. The number of benzene rings is 1. The van der Waals surface area contributed by atoms with E-state index in [1.54, 1.807) is 0 Å². The van der Waals surface area contributed by atoms with Gasteiger partial charge in [0, 0.05) is 6.04 Å². The summed E-state index contributed by atoms with van der Waals surface area (Å²) in [6.07, 6.45) is 4.96. The molecule has 0 spiro atoms. The molecule has 0 saturated heterocycles. The first kappa shape index (κ1) is 11.5. The number of hydrogen-bond acceptors (Lipinski definition) is 2. The first-order valence-electron chi connectivity index (χ1n) is 6.21. The van der Waals surface area contributed by atoms with Crippen LogP contribution in [0.4, 0.5) is 0 Å². The Morgan fingerprint density at radius 2 is 2.25 bits per heavy atom. The maximum atomic E-state index is 5.79. The largest absolute Gasteiger partial charge is 0.493 e. The highest BCUT2D eigenvalue weighted by Gasteiger charge is 2.17. The molecule has 88 valence electrons. The Bertz CT molecular complexity index is 331. The lowest BCUT2D eigenvalue weighted by atomic mass is 9.86. The van der Waals surface area contributed by atoms with Gasteiger partial charge in [0.1, 0.15) is 5.75 Å². The van der Waals surface area contributed by atoms with Gasteiger partial charge < -0.3 is 10.5 Å². The van der Waals surface area contributed by atoms with Gasteiger partial charge >= 0.3 is 0 Å². The topological polar surface area (TPSA) is 35.2 Å². The van der Waals surface area contributed by atoms with Gasteiger partial charge in [0.05, 0.1) is 6.61 Å². The Kier molecular flexibility index (Phi) is 3.83. The Labute approximate surface area is 97.8 Å². The van der Waals surface area contributed by atoms with Crippen molar-refractivity contribution in [2.75, 3.05) is 6.61 Å². The van der Waals surface area contributed by atoms with Crippen LogP contribution in [0.25, 0.3) is 0 Å². The van der Waals surface area contributed by atoms with Crippen LogP contribution in [0.15, 0.2) is 24.3 Å². The van der Waals surface area contributed by atoms with Crippen molar-refractivity contribution < 1.29 is 4.74 Å². The van der Waals surface area contributed by atoms with Crippen molar-refractivity contribution >= 4 is 0 Å². The molecular weight excluding hydrogens is 198 g/mol. The zero-order chi connectivity index (χ0) is 11.4. The number of nitrogens with two attached hydrogens (primary N) is 1. The minimum absolute atomic E-state index is 0.210. The zero-order valence-corrected chi connectivity index (χ0v) is 9.99. The average Bonchev–Trinajstić information content (AvgIpc) is 2.14. The molecule has 0 amide bonds. The molecule has 1 saturated carbocycles. The van der Waals surface area contributed by atoms with Gasteiger partial charge in [-0.25, -0.2) is 0 Å². The summed E-state index contributed by atoms with van der Waals surface area (Å²) in [6.45, 7) is 2.91. The highest BCUT2D eigenvalue weighted by atomic mass is 16.5. The molecule has 0 heterocycles. The summed E-state index contributed by atoms with van der Waals surface area (Å²) in [6, 6.07) is 8.51. The molecule has 2 heteroatoms. The summed E-state index contributed by atoms with van der Waals surface area (Å²) in [5.74, 6) is 1.78. The van der Waals surface area contributed by atoms with E-state index >= 15 is 0 Å². The second kappa shape index (κ2) is 5.35. The standard InChI is InChI=1S/C14H21NO/c1-11(15)8-13-6-3-7-14(9-13)16-10-12-4-2-5-12/h3,6-7,9,11-12H,2,4-5,8,10,15H2,1H3. The molecule has 0 aromatic heterocycles. The molecule has 2 N–H and O–H groups in total. The van der Waals surface area contributed by atoms with E-state index in [2.05, 4.69) is 12.1 Å². The maximum Gasteiger partial charge on any atom is 0.119 e. The summed E-state index contributed by atoms with van der Waals surface area (Å²) < 4.78 is 5.79. The van der Waals surface area contributed by atoms with Crippen molar-refractivity contribution in [3.05, 3.63) is 29.8 Å². The van der Waals surface area contributed by atoms with Gasteiger partial charge in [0.2, 0.25) is 0 Å². The molecule has 16 heavy (non-hydrogen) atoms. The quantitative estimate of drug-likeness (QED) is 0.826. The summed E-state index contributed by atoms with van der Waals surface area (Å²) >= 11 is 0. The lowest BCUT2D eigenvalue weighted by molar-refractivity contribution is 0.180. The van der Waals surface area contributed by atoms with Gasteiger partial charge in [0.15, 0.2) is 0 Å². The Morgan fingerprint density at radius 3 is 2.88 bits per heavy atom. The maximum absolute atomic E-state index is 5.79. The first-order valence-corrected chi connectivity index (χ1v) is 6.21. The molecule has 1 aromatic carbocycles. The number of ether oxygens (including phenoxy) is 1. The number of hydrogen-bond donors (Lipinski definition) is 1. The van der Waals surface area contributed by atoms with Crippen LogP contribution >= 0.6 is 0 Å². The van der Waals surface area contributed by atoms with E-state index < -0.39 is 0 Å². The van der Waals surface area contributed by atoms with Crippen LogP contribution < -0.4 is 10.5 Å². The smallest absolute Gasteiger partial charge is 0.119 e. The molecule has 1 aliphatic rings. The van der Waals surface area contributed by atoms with E-state index in [1.807, 2.05) is 19.1 Å². The van der Waals surface area contributed by atoms with Gasteiger partial charge in [-0.1, -0.05) is 18.6 Å². The van der Waals surface area contributed by atoms with Gasteiger partial charge in [-0.3, -0.25) is 0 Å². The van der Waals surface area contributed by atoms with E-state index in [1.165, 1.54) is 24.8 Å². The SMILES string of the molecule is CC(N)Cc1cccc(OCC2CCC2)c1. The first-order chi connectivity index (χ1) is 7.74. The monoisotopic (exact) mass is 219 g/mol. The van der Waals surface area contributed by atoms with Gasteiger partial charge in [-0.15, -0.1) is 0 Å². The van der Waals surface area contributed by atoms with E-state index in [0.717, 1.165) is 24.7 Å². The second-order valence-electron chi connectivity index (χ2n) is 4.94. The van der Waals surface area contributed by atoms with Crippen molar-refractivity contribution in [1.82, 2.24) is 0 Å². The molecule has 1 fully saturated rings. The average molecular weight is 219 g/mol. The summed E-state index contributed by atoms with van der Waals surface area (Å²) in [7, 11) is 0. The fourth-order valence-corrected chi connectivity index (χ4v) is 2.01. The van der Waals surface area contributed by atoms with Crippen LogP contribution in [0.1, 0.15) is 31.7 Å². The normalized spacial score (nSPS) is 17.9. The Balaban J connectivity index is 1.87. The third kappa shape index (κ3) is 3.24. The minimum Gasteiger partial charge on any atom is -0.493 e. The molecule has 1 atom stereocenters. The third-order valence-corrected chi connectivity index (χ3v) is 3.17. The zero-order valence-electron chi connectivity index (χ0n) is 9.99. The van der Waals surface area contributed by atoms with Gasteiger partial charge in [-0.2, -0.15) is 0 Å². The third-order valence-electron chi connectivity index (χ3n) is 3.17. The lowest BCUT2D eigenvalue weighted by Crippen LogP contribution is -2.19. The van der Waals surface area contributed by atoms with Crippen molar-refractivity contribution in [2.45, 2.75) is 38.6 Å². The highest BCUT2D eigenvalue weighted by molar-refractivity contribution is 5.29. The van der Waals surface area contributed by atoms with Crippen LogP contribution in [0, 0.1) is 5.92 Å². The lowest BCUT2D eigenvalue weighted by Gasteiger charge is -2.25. The molecule has 0 radical (unpaired) electrons. The van der Waals surface area contributed by atoms with Crippen molar-refractivity contribution in [1.29, 1.82) is 0 Å². The van der Waals surface area contributed by atoms with E-state index in [-0.39, 0.29) is 6.04 Å². The molecule has 1 aliphatic carbocycles. The van der Waals surface area contributed by atoms with E-state index in [0.29, 0.717) is 0 Å². The molecule has 1 unspecified atom stereocenters. The minimum atomic E-state index is 0.210. The van der Waals surface area contributed by atoms with Crippen LogP contribution in [0.3, 0.4) is 0 Å². The van der Waals surface area contributed by atoms with Crippen molar-refractivity contribution in [3.63, 3.8) is 0 Å². The molecule has 0 bridgehead atoms. The number of rotatable bonds is 5. The summed E-state index contributed by atoms with van der Waals surface area (Å²) in [5.41, 5.74) is 7.05. The van der Waals surface area contributed by atoms with Gasteiger partial charge in [-0.05, 0) is 49.8 Å². The van der Waals surface area contributed by atoms with Crippen LogP contribution in [-0.4, -0.2) is 12.6 Å². The summed E-state index contributed by atoms with van der Waals surface area (Å²) in [4.78, 5) is 0. The summed E-state index contributed by atoms with van der Waals surface area (Å²) in [5, 5.41) is 0. The van der Waals surface area contributed by atoms with E-state index in [4.69, 9.17) is 10.5 Å². The fourth-order valence-electron chi connectivity index (χ4n) is 2.01. The Morgan fingerprint density at radius 1 is 1.44 bits per heavy atom. The van der Waals surface area contributed by atoms with Gasteiger partial charge in [0.25, 0.3) is 0 Å². The molecular formula is C14H21NO. The van der Waals surface area contributed by atoms with Crippen LogP contribution in [0.5, 0.6) is 5.75 Å². The van der Waals surface area contributed by atoms with Crippen molar-refractivity contribution in [2.24, 2.45) is 11.7 Å². The molecule has 1 aromatic rings. The fraction of sp³-hybridized carbons (Fsp3) is 0.571. The van der Waals surface area contributed by atoms with Crippen molar-refractivity contribution in [3.8, 4) is 5.75 Å². The molecule has 2 nitrogen and oxygen atoms in total. The van der Waals surface area contributed by atoms with Crippen LogP contribution in [0.2, 0.25) is 0 Å². The molecule has 0 aliphatic heterocycles. The van der Waals surface area contributed by atoms with Crippen LogP contribution in [-0.2, 0) is 6.42 Å². The second-order valence-corrected chi connectivity index (χ2v) is 4.94.